The highest BCUT2D eigenvalue weighted by Crippen LogP contribution is 2.16. The Kier molecular flexibility index (Phi) is 6.20. The van der Waals surface area contributed by atoms with Crippen molar-refractivity contribution in [3.8, 4) is 5.75 Å². The third-order valence-corrected chi connectivity index (χ3v) is 4.77. The Bertz CT molecular complexity index is 623. The van der Waals surface area contributed by atoms with Crippen molar-refractivity contribution in [2.75, 3.05) is 33.3 Å². The summed E-state index contributed by atoms with van der Waals surface area (Å²) >= 11 is 1.65. The lowest BCUT2D eigenvalue weighted by atomic mass is 10.2. The van der Waals surface area contributed by atoms with E-state index >= 15 is 0 Å². The van der Waals surface area contributed by atoms with Crippen LogP contribution in [0.3, 0.4) is 0 Å². The number of benzene rings is 1. The van der Waals surface area contributed by atoms with Crippen molar-refractivity contribution in [2.24, 2.45) is 0 Å². The number of aryl methyl sites for hydroxylation is 1. The second-order valence-electron chi connectivity index (χ2n) is 6.18. The molecule has 1 atom stereocenters. The molecular formula is C18H25N3O2S. The lowest BCUT2D eigenvalue weighted by molar-refractivity contribution is 0.00884. The Morgan fingerprint density at radius 1 is 1.38 bits per heavy atom. The van der Waals surface area contributed by atoms with Gasteiger partial charge in [0.1, 0.15) is 12.4 Å². The van der Waals surface area contributed by atoms with Crippen LogP contribution in [0.5, 0.6) is 5.75 Å². The number of likely N-dealkylation sites (N-methyl/N-ethyl adjacent to an activating group) is 1. The Morgan fingerprint density at radius 2 is 2.21 bits per heavy atom. The van der Waals surface area contributed by atoms with E-state index in [0.717, 1.165) is 49.2 Å². The summed E-state index contributed by atoms with van der Waals surface area (Å²) in [6.07, 6.45) is 0.285. The molecule has 1 aromatic heterocycles. The lowest BCUT2D eigenvalue weighted by Gasteiger charge is -2.28. The van der Waals surface area contributed by atoms with E-state index in [1.54, 1.807) is 11.3 Å². The number of aromatic nitrogens is 1. The fraction of sp³-hybridized carbons (Fsp3) is 0.500. The van der Waals surface area contributed by atoms with Crippen LogP contribution in [0, 0.1) is 6.92 Å². The molecule has 3 rings (SSSR count). The normalized spacial score (nSPS) is 18.0. The highest BCUT2D eigenvalue weighted by Gasteiger charge is 2.15. The highest BCUT2D eigenvalue weighted by atomic mass is 32.1. The molecule has 6 heteroatoms. The fourth-order valence-corrected chi connectivity index (χ4v) is 3.38. The van der Waals surface area contributed by atoms with Gasteiger partial charge in [0.2, 0.25) is 0 Å². The third-order valence-electron chi connectivity index (χ3n) is 3.95. The zero-order valence-corrected chi connectivity index (χ0v) is 15.1. The summed E-state index contributed by atoms with van der Waals surface area (Å²) in [6.45, 7) is 7.09. The van der Waals surface area contributed by atoms with Crippen LogP contribution in [0.25, 0.3) is 0 Å². The van der Waals surface area contributed by atoms with Gasteiger partial charge in [-0.15, -0.1) is 11.3 Å². The van der Waals surface area contributed by atoms with E-state index < -0.39 is 0 Å². The highest BCUT2D eigenvalue weighted by molar-refractivity contribution is 7.09. The molecular weight excluding hydrogens is 322 g/mol. The topological polar surface area (TPSA) is 46.6 Å². The summed E-state index contributed by atoms with van der Waals surface area (Å²) in [6, 6.07) is 8.30. The first-order valence-electron chi connectivity index (χ1n) is 8.32. The first kappa shape index (κ1) is 17.4. The molecule has 1 unspecified atom stereocenters. The fourth-order valence-electron chi connectivity index (χ4n) is 2.78. The number of ether oxygens (including phenoxy) is 2. The molecule has 0 radical (unpaired) electrons. The second-order valence-corrected chi connectivity index (χ2v) is 7.25. The van der Waals surface area contributed by atoms with Crippen LogP contribution in [0.4, 0.5) is 0 Å². The molecule has 0 aliphatic carbocycles. The van der Waals surface area contributed by atoms with Gasteiger partial charge in [0.25, 0.3) is 0 Å². The molecule has 24 heavy (non-hydrogen) atoms. The van der Waals surface area contributed by atoms with Gasteiger partial charge in [0.15, 0.2) is 0 Å². The minimum absolute atomic E-state index is 0.285. The van der Waals surface area contributed by atoms with Crippen LogP contribution < -0.4 is 10.1 Å². The van der Waals surface area contributed by atoms with Gasteiger partial charge in [0.05, 0.1) is 23.4 Å². The molecule has 5 nitrogen and oxygen atoms in total. The smallest absolute Gasteiger partial charge is 0.131 e. The van der Waals surface area contributed by atoms with E-state index in [1.807, 2.05) is 24.4 Å². The van der Waals surface area contributed by atoms with E-state index in [9.17, 15) is 0 Å². The van der Waals surface area contributed by atoms with Crippen molar-refractivity contribution in [3.63, 3.8) is 0 Å². The molecule has 130 valence electrons. The number of morpholine rings is 1. The van der Waals surface area contributed by atoms with Crippen LogP contribution in [0.15, 0.2) is 29.6 Å². The number of nitrogens with one attached hydrogen (secondary N) is 1. The maximum atomic E-state index is 5.79. The van der Waals surface area contributed by atoms with E-state index in [1.165, 1.54) is 5.56 Å². The van der Waals surface area contributed by atoms with Crippen LogP contribution >= 0.6 is 11.3 Å². The molecule has 0 saturated carbocycles. The van der Waals surface area contributed by atoms with Crippen molar-refractivity contribution in [1.82, 2.24) is 15.2 Å². The van der Waals surface area contributed by atoms with Gasteiger partial charge in [-0.2, -0.15) is 0 Å². The predicted molar refractivity (Wildman–Crippen MR) is 96.6 cm³/mol. The minimum Gasteiger partial charge on any atom is -0.487 e. The van der Waals surface area contributed by atoms with E-state index in [0.29, 0.717) is 6.61 Å². The summed E-state index contributed by atoms with van der Waals surface area (Å²) in [5.41, 5.74) is 2.26. The predicted octanol–water partition coefficient (Wildman–Crippen LogP) is 2.45. The monoisotopic (exact) mass is 347 g/mol. The summed E-state index contributed by atoms with van der Waals surface area (Å²) < 4.78 is 11.5. The Balaban J connectivity index is 1.45. The number of hydrogen-bond acceptors (Lipinski definition) is 6. The zero-order chi connectivity index (χ0) is 16.8. The van der Waals surface area contributed by atoms with Gasteiger partial charge < -0.3 is 14.8 Å². The van der Waals surface area contributed by atoms with Crippen molar-refractivity contribution in [1.29, 1.82) is 0 Å². The minimum atomic E-state index is 0.285. The van der Waals surface area contributed by atoms with E-state index in [-0.39, 0.29) is 6.10 Å². The quantitative estimate of drug-likeness (QED) is 0.834. The van der Waals surface area contributed by atoms with Crippen molar-refractivity contribution < 1.29 is 9.47 Å². The molecule has 1 fully saturated rings. The largest absolute Gasteiger partial charge is 0.487 e. The second kappa shape index (κ2) is 8.58. The molecule has 1 saturated heterocycles. The molecule has 1 N–H and O–H groups in total. The third kappa shape index (κ3) is 5.27. The first-order chi connectivity index (χ1) is 11.7. The summed E-state index contributed by atoms with van der Waals surface area (Å²) in [5, 5.41) is 6.48. The summed E-state index contributed by atoms with van der Waals surface area (Å²) in [5.74, 6) is 0.881. The maximum absolute atomic E-state index is 5.79. The van der Waals surface area contributed by atoms with Crippen molar-refractivity contribution in [2.45, 2.75) is 26.2 Å². The van der Waals surface area contributed by atoms with E-state index in [4.69, 9.17) is 9.47 Å². The van der Waals surface area contributed by atoms with Crippen molar-refractivity contribution in [3.05, 3.63) is 45.9 Å². The Morgan fingerprint density at radius 3 is 2.88 bits per heavy atom. The molecule has 1 aliphatic heterocycles. The SMILES string of the molecule is Cc1nc(COc2ccc(CN(C)CC3CNCCO3)cc2)cs1. The van der Waals surface area contributed by atoms with Crippen molar-refractivity contribution >= 4 is 11.3 Å². The average molecular weight is 347 g/mol. The van der Waals surface area contributed by atoms with E-state index in [2.05, 4.69) is 34.4 Å². The standard InChI is InChI=1S/C18H25N3O2S/c1-14-20-16(13-24-14)12-23-17-5-3-15(4-6-17)10-21(2)11-18-9-19-7-8-22-18/h3-6,13,18-19H,7-12H2,1-2H3. The molecule has 2 aromatic rings. The summed E-state index contributed by atoms with van der Waals surface area (Å²) in [4.78, 5) is 6.71. The van der Waals surface area contributed by atoms with Gasteiger partial charge in [-0.3, -0.25) is 4.90 Å². The van der Waals surface area contributed by atoms with Gasteiger partial charge in [0, 0.05) is 31.6 Å². The van der Waals surface area contributed by atoms with Gasteiger partial charge in [-0.25, -0.2) is 4.98 Å². The molecule has 1 aromatic carbocycles. The van der Waals surface area contributed by atoms with Crippen LogP contribution in [-0.2, 0) is 17.9 Å². The zero-order valence-electron chi connectivity index (χ0n) is 14.3. The van der Waals surface area contributed by atoms with Crippen LogP contribution in [0.2, 0.25) is 0 Å². The van der Waals surface area contributed by atoms with Gasteiger partial charge in [-0.05, 0) is 31.7 Å². The number of thiazole rings is 1. The Labute approximate surface area is 147 Å². The molecule has 2 heterocycles. The average Bonchev–Trinajstić information content (AvgIpc) is 3.00. The number of hydrogen-bond donors (Lipinski definition) is 1. The molecule has 0 spiro atoms. The summed E-state index contributed by atoms with van der Waals surface area (Å²) in [7, 11) is 2.13. The molecule has 1 aliphatic rings. The molecule has 0 amide bonds. The van der Waals surface area contributed by atoms with Crippen LogP contribution in [-0.4, -0.2) is 49.3 Å². The molecule has 0 bridgehead atoms. The first-order valence-corrected chi connectivity index (χ1v) is 9.20. The Hall–Kier alpha value is -1.47. The van der Waals surface area contributed by atoms with Gasteiger partial charge >= 0.3 is 0 Å². The number of rotatable bonds is 7. The van der Waals surface area contributed by atoms with Crippen LogP contribution in [0.1, 0.15) is 16.3 Å². The maximum Gasteiger partial charge on any atom is 0.131 e. The van der Waals surface area contributed by atoms with Gasteiger partial charge in [-0.1, -0.05) is 12.1 Å². The lowest BCUT2D eigenvalue weighted by Crippen LogP contribution is -2.44. The number of nitrogens with zero attached hydrogens (tertiary/aromatic N) is 2.